The molecule has 0 aromatic rings. The van der Waals surface area contributed by atoms with E-state index >= 15 is 0 Å². The summed E-state index contributed by atoms with van der Waals surface area (Å²) in [6.45, 7) is -0.00220. The lowest BCUT2D eigenvalue weighted by molar-refractivity contribution is -0.776. The monoisotopic (exact) mass is 230 g/mol. The summed E-state index contributed by atoms with van der Waals surface area (Å²) in [5.74, 6) is 0. The van der Waals surface area contributed by atoms with E-state index in [0.717, 1.165) is 11.8 Å². The SMILES string of the molecule is CSC(O)=[N+](O)CCCP(=O)(O)O. The van der Waals surface area contributed by atoms with Crippen LogP contribution in [0.5, 0.6) is 0 Å². The van der Waals surface area contributed by atoms with Gasteiger partial charge in [-0.3, -0.25) is 9.77 Å². The van der Waals surface area contributed by atoms with Gasteiger partial charge in [-0.2, -0.15) is 0 Å². The van der Waals surface area contributed by atoms with Crippen LogP contribution in [0.3, 0.4) is 0 Å². The Morgan fingerprint density at radius 3 is 2.46 bits per heavy atom. The molecule has 78 valence electrons. The summed E-state index contributed by atoms with van der Waals surface area (Å²) < 4.78 is 10.9. The maximum absolute atomic E-state index is 10.4. The number of hydrogen-bond donors (Lipinski definition) is 4. The predicted octanol–water partition coefficient (Wildman–Crippen LogP) is 0.233. The van der Waals surface area contributed by atoms with Gasteiger partial charge in [0.05, 0.1) is 6.16 Å². The van der Waals surface area contributed by atoms with Crippen LogP contribution in [0, 0.1) is 0 Å². The second-order valence-corrected chi connectivity index (χ2v) is 4.90. The van der Waals surface area contributed by atoms with Crippen LogP contribution in [0.2, 0.25) is 0 Å². The predicted molar refractivity (Wildman–Crippen MR) is 49.6 cm³/mol. The van der Waals surface area contributed by atoms with E-state index in [4.69, 9.17) is 20.1 Å². The molecule has 4 N–H and O–H groups in total. The van der Waals surface area contributed by atoms with Gasteiger partial charge in [0.1, 0.15) is 0 Å². The van der Waals surface area contributed by atoms with Gasteiger partial charge in [-0.15, -0.1) is 0 Å². The van der Waals surface area contributed by atoms with Crippen molar-refractivity contribution in [3.05, 3.63) is 0 Å². The Hall–Kier alpha value is -0.230. The summed E-state index contributed by atoms with van der Waals surface area (Å²) in [4.78, 5) is 16.9. The Bertz CT molecular complexity index is 237. The standard InChI is InChI=1S/C5H12NO5PS/c1-13-5(7)6(8)3-2-4-12(9,10)11/h8H,2-4H2,1H3,(H2,9,10,11)/p+1. The van der Waals surface area contributed by atoms with Crippen LogP contribution in [0.4, 0.5) is 0 Å². The number of rotatable bonds is 4. The maximum Gasteiger partial charge on any atom is 0.445 e. The first-order valence-corrected chi connectivity index (χ1v) is 6.50. The van der Waals surface area contributed by atoms with E-state index in [1.165, 1.54) is 0 Å². The number of nitrogens with zero attached hydrogens (tertiary/aromatic N) is 1. The van der Waals surface area contributed by atoms with Crippen molar-refractivity contribution in [2.24, 2.45) is 0 Å². The molecular weight excluding hydrogens is 217 g/mol. The summed E-state index contributed by atoms with van der Waals surface area (Å²) in [5.41, 5.74) is 0. The zero-order chi connectivity index (χ0) is 10.5. The summed E-state index contributed by atoms with van der Waals surface area (Å²) in [6.07, 6.45) is 1.39. The van der Waals surface area contributed by atoms with Gasteiger partial charge in [0, 0.05) is 11.2 Å². The minimum absolute atomic E-state index is 0.00220. The highest BCUT2D eigenvalue weighted by molar-refractivity contribution is 8.12. The van der Waals surface area contributed by atoms with Gasteiger partial charge in [0.2, 0.25) is 0 Å². The van der Waals surface area contributed by atoms with Crippen LogP contribution in [0.15, 0.2) is 0 Å². The molecule has 0 aliphatic carbocycles. The third-order valence-electron chi connectivity index (χ3n) is 1.22. The van der Waals surface area contributed by atoms with Crippen molar-refractivity contribution in [1.82, 2.24) is 0 Å². The second-order valence-electron chi connectivity index (χ2n) is 2.35. The van der Waals surface area contributed by atoms with Gasteiger partial charge in [0.25, 0.3) is 0 Å². The van der Waals surface area contributed by atoms with Gasteiger partial charge in [-0.25, -0.2) is 0 Å². The number of hydroxylamine groups is 1. The quantitative estimate of drug-likeness (QED) is 0.138. The Balaban J connectivity index is 3.85. The van der Waals surface area contributed by atoms with Crippen LogP contribution in [-0.4, -0.2) is 49.0 Å². The van der Waals surface area contributed by atoms with Crippen LogP contribution in [-0.2, 0) is 4.57 Å². The zero-order valence-electron chi connectivity index (χ0n) is 7.12. The maximum atomic E-state index is 10.4. The molecule has 0 rings (SSSR count). The molecule has 0 heterocycles. The number of thioether (sulfide) groups is 1. The molecule has 13 heavy (non-hydrogen) atoms. The fourth-order valence-electron chi connectivity index (χ4n) is 0.627. The average Bonchev–Trinajstić information content (AvgIpc) is 2.00. The smallest absolute Gasteiger partial charge is 0.445 e. The van der Waals surface area contributed by atoms with Crippen molar-refractivity contribution in [3.8, 4) is 0 Å². The van der Waals surface area contributed by atoms with Gasteiger partial charge >= 0.3 is 12.8 Å². The molecule has 0 aromatic carbocycles. The summed E-state index contributed by atoms with van der Waals surface area (Å²) in [6, 6.07) is 0. The first kappa shape index (κ1) is 12.8. The molecule has 0 spiro atoms. The van der Waals surface area contributed by atoms with Crippen LogP contribution >= 0.6 is 19.4 Å². The van der Waals surface area contributed by atoms with E-state index in [1.54, 1.807) is 6.26 Å². The van der Waals surface area contributed by atoms with Crippen molar-refractivity contribution in [2.75, 3.05) is 19.0 Å². The first-order chi connectivity index (χ1) is 5.87. The molecule has 0 radical (unpaired) electrons. The van der Waals surface area contributed by atoms with Crippen molar-refractivity contribution >= 4 is 24.6 Å². The molecule has 0 fully saturated rings. The minimum atomic E-state index is -4.00. The number of hydrogen-bond acceptors (Lipinski definition) is 3. The molecular formula is C5H13NO5PS+. The lowest BCUT2D eigenvalue weighted by Crippen LogP contribution is -2.16. The lowest BCUT2D eigenvalue weighted by atomic mass is 10.5. The topological polar surface area (TPSA) is 101 Å². The fourth-order valence-corrected chi connectivity index (χ4v) is 1.48. The zero-order valence-corrected chi connectivity index (χ0v) is 8.83. The van der Waals surface area contributed by atoms with Gasteiger partial charge in [-0.1, -0.05) is 0 Å². The Kier molecular flexibility index (Phi) is 5.39. The molecule has 0 aliphatic heterocycles. The van der Waals surface area contributed by atoms with E-state index in [-0.39, 0.29) is 24.4 Å². The van der Waals surface area contributed by atoms with Crippen molar-refractivity contribution in [3.63, 3.8) is 0 Å². The Morgan fingerprint density at radius 2 is 2.08 bits per heavy atom. The first-order valence-electron chi connectivity index (χ1n) is 3.47. The minimum Gasteiger partial charge on any atom is -0.452 e. The third-order valence-corrected chi connectivity index (χ3v) is 2.70. The molecule has 0 atom stereocenters. The molecule has 6 nitrogen and oxygen atoms in total. The third kappa shape index (κ3) is 6.89. The molecule has 0 bridgehead atoms. The van der Waals surface area contributed by atoms with Gasteiger partial charge in [0.15, 0.2) is 6.54 Å². The van der Waals surface area contributed by atoms with Crippen LogP contribution < -0.4 is 0 Å². The fraction of sp³-hybridized carbons (Fsp3) is 0.800. The molecule has 8 heteroatoms. The van der Waals surface area contributed by atoms with E-state index in [2.05, 4.69) is 0 Å². The normalized spacial score (nSPS) is 14.1. The largest absolute Gasteiger partial charge is 0.452 e. The Labute approximate surface area is 80.0 Å². The van der Waals surface area contributed by atoms with E-state index in [1.807, 2.05) is 0 Å². The van der Waals surface area contributed by atoms with E-state index in [0.29, 0.717) is 4.74 Å². The highest BCUT2D eigenvalue weighted by atomic mass is 32.2. The van der Waals surface area contributed by atoms with Crippen molar-refractivity contribution < 1.29 is 29.4 Å². The molecule has 0 aromatic heterocycles. The van der Waals surface area contributed by atoms with Crippen LogP contribution in [0.25, 0.3) is 0 Å². The highest BCUT2D eigenvalue weighted by Crippen LogP contribution is 2.34. The highest BCUT2D eigenvalue weighted by Gasteiger charge is 2.16. The molecule has 0 aliphatic rings. The number of aliphatic hydroxyl groups excluding tert-OH is 1. The van der Waals surface area contributed by atoms with Crippen molar-refractivity contribution in [2.45, 2.75) is 6.42 Å². The summed E-state index contributed by atoms with van der Waals surface area (Å²) >= 11 is 0.945. The molecule has 0 saturated carbocycles. The Morgan fingerprint density at radius 1 is 1.54 bits per heavy atom. The molecule has 0 saturated heterocycles. The summed E-state index contributed by atoms with van der Waals surface area (Å²) in [5, 5.41) is 17.6. The summed E-state index contributed by atoms with van der Waals surface area (Å²) in [7, 11) is -4.00. The van der Waals surface area contributed by atoms with Gasteiger partial charge in [-0.05, 0) is 18.0 Å². The number of aliphatic hydroxyl groups is 1. The van der Waals surface area contributed by atoms with E-state index < -0.39 is 7.60 Å². The molecule has 0 amide bonds. The van der Waals surface area contributed by atoms with Crippen LogP contribution in [0.1, 0.15) is 6.42 Å². The molecule has 0 unspecified atom stereocenters. The lowest BCUT2D eigenvalue weighted by Gasteiger charge is -1.99. The van der Waals surface area contributed by atoms with E-state index in [9.17, 15) is 4.57 Å². The second kappa shape index (κ2) is 5.49. The van der Waals surface area contributed by atoms with Crippen molar-refractivity contribution in [1.29, 1.82) is 0 Å². The van der Waals surface area contributed by atoms with Gasteiger partial charge < -0.3 is 14.9 Å². The average molecular weight is 230 g/mol.